The molecule has 0 aromatic rings. The molecule has 0 spiro atoms. The van der Waals surface area contributed by atoms with Crippen molar-refractivity contribution in [3.8, 4) is 0 Å². The van der Waals surface area contributed by atoms with Gasteiger partial charge in [0.25, 0.3) is 0 Å². The average molecular weight is 382 g/mol. The van der Waals surface area contributed by atoms with Crippen LogP contribution < -0.4 is 0 Å². The minimum atomic E-state index is -6.92. The molecular formula is C10H11F9OS2. The molecule has 0 saturated carbocycles. The normalized spacial score (nSPS) is 14.1. The Morgan fingerprint density at radius 1 is 0.909 bits per heavy atom. The number of alkyl halides is 9. The number of hydrogen-bond donors (Lipinski definition) is 0. The highest BCUT2D eigenvalue weighted by molar-refractivity contribution is 8.23. The Hall–Kier alpha value is -0.390. The van der Waals surface area contributed by atoms with Crippen molar-refractivity contribution in [1.29, 1.82) is 0 Å². The molecule has 0 aromatic heterocycles. The fourth-order valence-electron chi connectivity index (χ4n) is 1.07. The van der Waals surface area contributed by atoms with Gasteiger partial charge in [0.05, 0.1) is 6.61 Å². The average Bonchev–Trinajstić information content (AvgIpc) is 2.32. The molecule has 0 unspecified atom stereocenters. The van der Waals surface area contributed by atoms with Crippen LogP contribution in [-0.4, -0.2) is 34.3 Å². The third-order valence-corrected chi connectivity index (χ3v) is 3.46. The minimum absolute atomic E-state index is 0.239. The van der Waals surface area contributed by atoms with Gasteiger partial charge in [-0.05, 0) is 18.6 Å². The Kier molecular flexibility index (Phi) is 7.32. The monoisotopic (exact) mass is 382 g/mol. The van der Waals surface area contributed by atoms with Crippen LogP contribution in [-0.2, 0) is 4.74 Å². The van der Waals surface area contributed by atoms with E-state index in [1.54, 1.807) is 6.92 Å². The van der Waals surface area contributed by atoms with E-state index in [0.717, 1.165) is 6.42 Å². The van der Waals surface area contributed by atoms with Crippen molar-refractivity contribution in [3.63, 3.8) is 0 Å². The lowest BCUT2D eigenvalue weighted by Crippen LogP contribution is -2.59. The topological polar surface area (TPSA) is 9.23 Å². The van der Waals surface area contributed by atoms with E-state index in [1.807, 2.05) is 0 Å². The van der Waals surface area contributed by atoms with E-state index < -0.39 is 39.4 Å². The van der Waals surface area contributed by atoms with Crippen molar-refractivity contribution in [3.05, 3.63) is 0 Å². The van der Waals surface area contributed by atoms with Crippen LogP contribution in [0.2, 0.25) is 0 Å². The van der Waals surface area contributed by atoms with Crippen LogP contribution >= 0.6 is 24.0 Å². The van der Waals surface area contributed by atoms with E-state index in [1.165, 1.54) is 0 Å². The van der Waals surface area contributed by atoms with Crippen molar-refractivity contribution < 1.29 is 44.3 Å². The number of thiocarbonyl (C=S) groups is 1. The van der Waals surface area contributed by atoms with E-state index in [4.69, 9.17) is 0 Å². The number of rotatable bonds is 7. The lowest BCUT2D eigenvalue weighted by Gasteiger charge is -2.32. The SMILES string of the molecule is CCCCCOC(=S)SC(F)(F)C(F)(F)C(F)(F)C(F)(F)F. The second kappa shape index (κ2) is 7.45. The highest BCUT2D eigenvalue weighted by atomic mass is 32.2. The highest BCUT2D eigenvalue weighted by Crippen LogP contribution is 2.56. The van der Waals surface area contributed by atoms with Gasteiger partial charge in [-0.3, -0.25) is 0 Å². The first-order valence-electron chi connectivity index (χ1n) is 5.76. The van der Waals surface area contributed by atoms with Crippen molar-refractivity contribution in [2.75, 3.05) is 6.61 Å². The molecular weight excluding hydrogens is 371 g/mol. The van der Waals surface area contributed by atoms with Gasteiger partial charge < -0.3 is 4.74 Å². The largest absolute Gasteiger partial charge is 0.478 e. The first-order chi connectivity index (χ1) is 9.70. The zero-order valence-electron chi connectivity index (χ0n) is 11.0. The van der Waals surface area contributed by atoms with E-state index in [2.05, 4.69) is 17.0 Å². The Morgan fingerprint density at radius 3 is 1.82 bits per heavy atom. The summed E-state index contributed by atoms with van der Waals surface area (Å²) in [5.74, 6) is -13.6. The number of halogens is 9. The molecule has 132 valence electrons. The maximum Gasteiger partial charge on any atom is 0.460 e. The van der Waals surface area contributed by atoms with Gasteiger partial charge in [0.15, 0.2) is 0 Å². The third-order valence-electron chi connectivity index (χ3n) is 2.30. The smallest absolute Gasteiger partial charge is 0.460 e. The van der Waals surface area contributed by atoms with Crippen LogP contribution in [0.1, 0.15) is 26.2 Å². The van der Waals surface area contributed by atoms with Gasteiger partial charge in [-0.15, -0.1) is 0 Å². The van der Waals surface area contributed by atoms with Crippen LogP contribution in [0.5, 0.6) is 0 Å². The summed E-state index contributed by atoms with van der Waals surface area (Å²) in [6.45, 7) is 1.55. The lowest BCUT2D eigenvalue weighted by molar-refractivity contribution is -0.381. The van der Waals surface area contributed by atoms with E-state index in [-0.39, 0.29) is 6.61 Å². The number of unbranched alkanes of at least 4 members (excludes halogenated alkanes) is 2. The summed E-state index contributed by atoms with van der Waals surface area (Å²) in [6, 6.07) is 0. The van der Waals surface area contributed by atoms with Crippen LogP contribution in [0, 0.1) is 0 Å². The zero-order valence-corrected chi connectivity index (χ0v) is 12.6. The molecule has 22 heavy (non-hydrogen) atoms. The molecule has 0 saturated heterocycles. The number of ether oxygens (including phenoxy) is 1. The Balaban J connectivity index is 4.95. The van der Waals surface area contributed by atoms with E-state index >= 15 is 0 Å². The Labute approximate surface area is 129 Å². The third kappa shape index (κ3) is 4.80. The molecule has 0 aliphatic rings. The molecule has 0 aromatic carbocycles. The standard InChI is InChI=1S/C10H11F9OS2/c1-2-3-4-5-20-6(21)22-10(18,19)8(13,14)7(11,12)9(15,16)17/h2-5H2,1H3. The van der Waals surface area contributed by atoms with Gasteiger partial charge in [0, 0.05) is 11.8 Å². The van der Waals surface area contributed by atoms with Gasteiger partial charge in [-0.25, -0.2) is 0 Å². The van der Waals surface area contributed by atoms with E-state index in [0.29, 0.717) is 12.8 Å². The van der Waals surface area contributed by atoms with Crippen molar-refractivity contribution in [2.24, 2.45) is 0 Å². The maximum atomic E-state index is 13.1. The van der Waals surface area contributed by atoms with Crippen LogP contribution in [0.25, 0.3) is 0 Å². The number of hydrogen-bond acceptors (Lipinski definition) is 3. The summed E-state index contributed by atoms with van der Waals surface area (Å²) in [5, 5.41) is -5.80. The van der Waals surface area contributed by atoms with Crippen LogP contribution in [0.15, 0.2) is 0 Å². The molecule has 0 atom stereocenters. The molecule has 0 N–H and O–H groups in total. The summed E-state index contributed by atoms with van der Waals surface area (Å²) < 4.78 is 116. The van der Waals surface area contributed by atoms with Gasteiger partial charge in [-0.2, -0.15) is 39.5 Å². The molecule has 0 aliphatic carbocycles. The second-order valence-corrected chi connectivity index (χ2v) is 5.79. The first-order valence-corrected chi connectivity index (χ1v) is 6.99. The Morgan fingerprint density at radius 2 is 1.41 bits per heavy atom. The maximum absolute atomic E-state index is 13.1. The molecule has 0 amide bonds. The Bertz CT molecular complexity index is 381. The summed E-state index contributed by atoms with van der Waals surface area (Å²) >= 11 is 2.79. The zero-order chi connectivity index (χ0) is 17.8. The highest BCUT2D eigenvalue weighted by Gasteiger charge is 2.82. The fourth-order valence-corrected chi connectivity index (χ4v) is 2.07. The molecule has 0 radical (unpaired) electrons. The van der Waals surface area contributed by atoms with Gasteiger partial charge in [0.2, 0.25) is 4.38 Å². The lowest BCUT2D eigenvalue weighted by atomic mass is 10.1. The van der Waals surface area contributed by atoms with Crippen molar-refractivity contribution >= 4 is 28.4 Å². The predicted molar refractivity (Wildman–Crippen MR) is 66.6 cm³/mol. The molecule has 0 bridgehead atoms. The minimum Gasteiger partial charge on any atom is -0.478 e. The number of thioether (sulfide) groups is 1. The molecule has 0 rings (SSSR count). The van der Waals surface area contributed by atoms with Gasteiger partial charge in [-0.1, -0.05) is 19.8 Å². The van der Waals surface area contributed by atoms with Crippen LogP contribution in [0.3, 0.4) is 0 Å². The molecule has 0 fully saturated rings. The summed E-state index contributed by atoms with van der Waals surface area (Å²) in [6.07, 6.45) is -5.19. The quantitative estimate of drug-likeness (QED) is 0.321. The molecule has 1 nitrogen and oxygen atoms in total. The van der Waals surface area contributed by atoms with Crippen LogP contribution in [0.4, 0.5) is 39.5 Å². The van der Waals surface area contributed by atoms with Crippen molar-refractivity contribution in [2.45, 2.75) is 49.5 Å². The van der Waals surface area contributed by atoms with E-state index in [9.17, 15) is 39.5 Å². The summed E-state index contributed by atoms with van der Waals surface area (Å²) in [4.78, 5) is 0. The first kappa shape index (κ1) is 21.6. The molecule has 12 heteroatoms. The van der Waals surface area contributed by atoms with Gasteiger partial charge >= 0.3 is 23.3 Å². The second-order valence-electron chi connectivity index (χ2n) is 4.07. The van der Waals surface area contributed by atoms with Crippen molar-refractivity contribution in [1.82, 2.24) is 0 Å². The summed E-state index contributed by atoms with van der Waals surface area (Å²) in [7, 11) is 0. The van der Waals surface area contributed by atoms with Gasteiger partial charge in [0.1, 0.15) is 0 Å². The fraction of sp³-hybridized carbons (Fsp3) is 0.900. The predicted octanol–water partition coefficient (Wildman–Crippen LogP) is 5.64. The molecule has 0 aliphatic heterocycles. The molecule has 0 heterocycles. The summed E-state index contributed by atoms with van der Waals surface area (Å²) in [5.41, 5.74) is 0.